The van der Waals surface area contributed by atoms with Gasteiger partial charge in [0.2, 0.25) is 0 Å². The molecule has 0 spiro atoms. The Morgan fingerprint density at radius 3 is 2.73 bits per heavy atom. The predicted molar refractivity (Wildman–Crippen MR) is 43.3 cm³/mol. The Kier molecular flexibility index (Phi) is 2.07. The molecule has 0 N–H and O–H groups in total. The lowest BCUT2D eigenvalue weighted by Gasteiger charge is -2.12. The van der Waals surface area contributed by atoms with Gasteiger partial charge in [0.1, 0.15) is 6.07 Å². The predicted octanol–water partition coefficient (Wildman–Crippen LogP) is 1.02. The van der Waals surface area contributed by atoms with Gasteiger partial charge in [-0.2, -0.15) is 5.26 Å². The Labute approximate surface area is 65.9 Å². The fraction of sp³-hybridized carbons (Fsp3) is 0.250. The monoisotopic (exact) mass is 147 g/mol. The standard InChI is InChI=1S/C8H9N3/c1-11(2)8-6-10-4-3-7(8)5-9/h3-4,6H,1-2H3. The molecule has 0 bridgehead atoms. The highest BCUT2D eigenvalue weighted by Crippen LogP contribution is 2.13. The van der Waals surface area contributed by atoms with E-state index in [1.54, 1.807) is 18.5 Å². The number of anilines is 1. The lowest BCUT2D eigenvalue weighted by Crippen LogP contribution is -2.10. The molecule has 0 atom stereocenters. The summed E-state index contributed by atoms with van der Waals surface area (Å²) >= 11 is 0. The summed E-state index contributed by atoms with van der Waals surface area (Å²) in [6, 6.07) is 3.80. The van der Waals surface area contributed by atoms with Crippen LogP contribution in [0.2, 0.25) is 0 Å². The number of hydrogen-bond acceptors (Lipinski definition) is 3. The van der Waals surface area contributed by atoms with E-state index in [0.29, 0.717) is 5.56 Å². The normalized spacial score (nSPS) is 8.82. The van der Waals surface area contributed by atoms with Gasteiger partial charge in [-0.1, -0.05) is 0 Å². The molecule has 1 rings (SSSR count). The van der Waals surface area contributed by atoms with Crippen LogP contribution in [0.5, 0.6) is 0 Å². The number of pyridine rings is 1. The number of aromatic nitrogens is 1. The molecular formula is C8H9N3. The molecule has 1 aromatic heterocycles. The van der Waals surface area contributed by atoms with Crippen molar-refractivity contribution in [2.75, 3.05) is 19.0 Å². The molecule has 11 heavy (non-hydrogen) atoms. The van der Waals surface area contributed by atoms with Gasteiger partial charge in [-0.25, -0.2) is 0 Å². The van der Waals surface area contributed by atoms with E-state index in [9.17, 15) is 0 Å². The van der Waals surface area contributed by atoms with Gasteiger partial charge in [-0.15, -0.1) is 0 Å². The first-order chi connectivity index (χ1) is 5.25. The molecule has 3 nitrogen and oxygen atoms in total. The molecule has 0 aliphatic rings. The van der Waals surface area contributed by atoms with Gasteiger partial charge in [0, 0.05) is 20.3 Å². The average molecular weight is 147 g/mol. The third-order valence-corrected chi connectivity index (χ3v) is 1.40. The van der Waals surface area contributed by atoms with Crippen LogP contribution in [0.25, 0.3) is 0 Å². The van der Waals surface area contributed by atoms with Gasteiger partial charge in [-0.05, 0) is 6.07 Å². The Morgan fingerprint density at radius 2 is 2.27 bits per heavy atom. The van der Waals surface area contributed by atoms with E-state index in [2.05, 4.69) is 11.1 Å². The number of nitrogens with zero attached hydrogens (tertiary/aromatic N) is 3. The molecule has 1 aromatic rings. The van der Waals surface area contributed by atoms with Crippen LogP contribution >= 0.6 is 0 Å². The Balaban J connectivity index is 3.15. The summed E-state index contributed by atoms with van der Waals surface area (Å²) < 4.78 is 0. The van der Waals surface area contributed by atoms with E-state index >= 15 is 0 Å². The summed E-state index contributed by atoms with van der Waals surface area (Å²) in [5.41, 5.74) is 1.51. The SMILES string of the molecule is CN(C)c1cnccc1C#N. The van der Waals surface area contributed by atoms with Crippen LogP contribution in [0.1, 0.15) is 5.56 Å². The Bertz CT molecular complexity index is 286. The smallest absolute Gasteiger partial charge is 0.101 e. The molecule has 0 saturated carbocycles. The minimum atomic E-state index is 0.657. The van der Waals surface area contributed by atoms with Gasteiger partial charge in [0.15, 0.2) is 0 Å². The van der Waals surface area contributed by atoms with Crippen molar-refractivity contribution >= 4 is 5.69 Å². The molecule has 3 heteroatoms. The third kappa shape index (κ3) is 1.47. The first kappa shape index (κ1) is 7.55. The van der Waals surface area contributed by atoms with E-state index in [4.69, 9.17) is 5.26 Å². The molecule has 1 heterocycles. The summed E-state index contributed by atoms with van der Waals surface area (Å²) in [5.74, 6) is 0. The number of hydrogen-bond donors (Lipinski definition) is 0. The molecule has 0 radical (unpaired) electrons. The van der Waals surface area contributed by atoms with Gasteiger partial charge >= 0.3 is 0 Å². The van der Waals surface area contributed by atoms with Crippen molar-refractivity contribution < 1.29 is 0 Å². The molecule has 0 fully saturated rings. The topological polar surface area (TPSA) is 39.9 Å². The van der Waals surface area contributed by atoms with Crippen molar-refractivity contribution in [1.82, 2.24) is 4.98 Å². The summed E-state index contributed by atoms with van der Waals surface area (Å²) in [6.45, 7) is 0. The van der Waals surface area contributed by atoms with Crippen LogP contribution in [0, 0.1) is 11.3 Å². The summed E-state index contributed by atoms with van der Waals surface area (Å²) in [4.78, 5) is 5.79. The molecule has 0 amide bonds. The van der Waals surface area contributed by atoms with Crippen LogP contribution < -0.4 is 4.90 Å². The minimum Gasteiger partial charge on any atom is -0.375 e. The van der Waals surface area contributed by atoms with Gasteiger partial charge in [0.05, 0.1) is 17.4 Å². The first-order valence-corrected chi connectivity index (χ1v) is 3.27. The molecular weight excluding hydrogens is 138 g/mol. The van der Waals surface area contributed by atoms with Gasteiger partial charge in [-0.3, -0.25) is 4.98 Å². The van der Waals surface area contributed by atoms with Crippen molar-refractivity contribution in [3.63, 3.8) is 0 Å². The lowest BCUT2D eigenvalue weighted by atomic mass is 10.2. The van der Waals surface area contributed by atoms with E-state index in [0.717, 1.165) is 5.69 Å². The van der Waals surface area contributed by atoms with E-state index < -0.39 is 0 Å². The molecule has 0 unspecified atom stereocenters. The Hall–Kier alpha value is -1.56. The summed E-state index contributed by atoms with van der Waals surface area (Å²) in [6.07, 6.45) is 3.30. The highest BCUT2D eigenvalue weighted by Gasteiger charge is 2.01. The van der Waals surface area contributed by atoms with Gasteiger partial charge in [0.25, 0.3) is 0 Å². The number of rotatable bonds is 1. The zero-order chi connectivity index (χ0) is 8.27. The van der Waals surface area contributed by atoms with Crippen molar-refractivity contribution in [1.29, 1.82) is 5.26 Å². The fourth-order valence-corrected chi connectivity index (χ4v) is 0.837. The van der Waals surface area contributed by atoms with E-state index in [1.807, 2.05) is 19.0 Å². The zero-order valence-corrected chi connectivity index (χ0v) is 6.57. The van der Waals surface area contributed by atoms with Crippen molar-refractivity contribution in [3.8, 4) is 6.07 Å². The summed E-state index contributed by atoms with van der Waals surface area (Å²) in [5, 5.41) is 8.66. The molecule has 0 aliphatic heterocycles. The van der Waals surface area contributed by atoms with Crippen molar-refractivity contribution in [3.05, 3.63) is 24.0 Å². The Morgan fingerprint density at radius 1 is 1.55 bits per heavy atom. The minimum absolute atomic E-state index is 0.657. The number of nitriles is 1. The van der Waals surface area contributed by atoms with Gasteiger partial charge < -0.3 is 4.90 Å². The first-order valence-electron chi connectivity index (χ1n) is 3.27. The highest BCUT2D eigenvalue weighted by atomic mass is 15.1. The zero-order valence-electron chi connectivity index (χ0n) is 6.57. The second kappa shape index (κ2) is 3.02. The maximum Gasteiger partial charge on any atom is 0.101 e. The van der Waals surface area contributed by atoms with Crippen LogP contribution in [0.4, 0.5) is 5.69 Å². The molecule has 56 valence electrons. The third-order valence-electron chi connectivity index (χ3n) is 1.40. The van der Waals surface area contributed by atoms with Crippen molar-refractivity contribution in [2.24, 2.45) is 0 Å². The van der Waals surface area contributed by atoms with Crippen LogP contribution in [-0.2, 0) is 0 Å². The second-order valence-electron chi connectivity index (χ2n) is 2.40. The molecule has 0 aromatic carbocycles. The van der Waals surface area contributed by atoms with Crippen LogP contribution in [-0.4, -0.2) is 19.1 Å². The molecule has 0 aliphatic carbocycles. The second-order valence-corrected chi connectivity index (χ2v) is 2.40. The van der Waals surface area contributed by atoms with E-state index in [-0.39, 0.29) is 0 Å². The average Bonchev–Trinajstić information content (AvgIpc) is 2.04. The van der Waals surface area contributed by atoms with Crippen LogP contribution in [0.15, 0.2) is 18.5 Å². The van der Waals surface area contributed by atoms with Crippen molar-refractivity contribution in [2.45, 2.75) is 0 Å². The highest BCUT2D eigenvalue weighted by molar-refractivity contribution is 5.56. The van der Waals surface area contributed by atoms with E-state index in [1.165, 1.54) is 0 Å². The quantitative estimate of drug-likeness (QED) is 0.595. The molecule has 0 saturated heterocycles. The largest absolute Gasteiger partial charge is 0.375 e. The van der Waals surface area contributed by atoms with Crippen LogP contribution in [0.3, 0.4) is 0 Å². The maximum atomic E-state index is 8.66. The fourth-order valence-electron chi connectivity index (χ4n) is 0.837. The maximum absolute atomic E-state index is 8.66. The summed E-state index contributed by atoms with van der Waals surface area (Å²) in [7, 11) is 3.77. The lowest BCUT2D eigenvalue weighted by molar-refractivity contribution is 1.10.